The Morgan fingerprint density at radius 1 is 1.57 bits per heavy atom. The Morgan fingerprint density at radius 2 is 2.29 bits per heavy atom. The summed E-state index contributed by atoms with van der Waals surface area (Å²) >= 11 is 5.33. The molecule has 2 nitrogen and oxygen atoms in total. The molecule has 0 aliphatic heterocycles. The first-order valence-corrected chi connectivity index (χ1v) is 4.85. The van der Waals surface area contributed by atoms with Crippen molar-refractivity contribution in [2.45, 2.75) is 13.3 Å². The number of nitrogens with one attached hydrogen (secondary N) is 1. The molecular formula is C10H11ClFNO. The summed E-state index contributed by atoms with van der Waals surface area (Å²) in [5.74, 6) is -0.821. The third-order valence-electron chi connectivity index (χ3n) is 1.85. The van der Waals surface area contributed by atoms with Crippen LogP contribution in [0.25, 0.3) is 0 Å². The minimum atomic E-state index is -0.368. The van der Waals surface area contributed by atoms with Crippen molar-refractivity contribution in [2.24, 2.45) is 0 Å². The number of carbonyl (C=O) groups is 1. The standard InChI is InChI=1S/C10H11ClFNO/c1-2-7-3-4-8(12)5-9(7)13-10(14)6-11/h3-5H,2,6H2,1H3,(H,13,14). The molecule has 1 aromatic rings. The number of aryl methyl sites for hydroxylation is 1. The number of benzene rings is 1. The highest BCUT2D eigenvalue weighted by Gasteiger charge is 2.05. The molecule has 0 fully saturated rings. The number of anilines is 1. The highest BCUT2D eigenvalue weighted by Crippen LogP contribution is 2.17. The van der Waals surface area contributed by atoms with Gasteiger partial charge in [0.05, 0.1) is 0 Å². The largest absolute Gasteiger partial charge is 0.325 e. The smallest absolute Gasteiger partial charge is 0.239 e. The van der Waals surface area contributed by atoms with Crippen LogP contribution in [-0.2, 0) is 11.2 Å². The van der Waals surface area contributed by atoms with E-state index in [0.29, 0.717) is 5.69 Å². The molecule has 0 unspecified atom stereocenters. The van der Waals surface area contributed by atoms with Crippen LogP contribution < -0.4 is 5.32 Å². The highest BCUT2D eigenvalue weighted by molar-refractivity contribution is 6.29. The molecule has 0 saturated carbocycles. The molecule has 1 N–H and O–H groups in total. The van der Waals surface area contributed by atoms with Crippen molar-refractivity contribution < 1.29 is 9.18 Å². The molecule has 1 amide bonds. The fourth-order valence-electron chi connectivity index (χ4n) is 1.16. The summed E-state index contributed by atoms with van der Waals surface area (Å²) in [6.45, 7) is 1.93. The molecule has 14 heavy (non-hydrogen) atoms. The second kappa shape index (κ2) is 4.96. The molecule has 0 bridgehead atoms. The summed E-state index contributed by atoms with van der Waals surface area (Å²) in [4.78, 5) is 11.0. The molecule has 0 spiro atoms. The van der Waals surface area contributed by atoms with Crippen LogP contribution in [0.1, 0.15) is 12.5 Å². The molecule has 4 heteroatoms. The van der Waals surface area contributed by atoms with Gasteiger partial charge in [0.25, 0.3) is 0 Å². The van der Waals surface area contributed by atoms with Gasteiger partial charge in [0, 0.05) is 5.69 Å². The van der Waals surface area contributed by atoms with E-state index >= 15 is 0 Å². The predicted molar refractivity (Wildman–Crippen MR) is 55.1 cm³/mol. The highest BCUT2D eigenvalue weighted by atomic mass is 35.5. The Hall–Kier alpha value is -1.09. The number of hydrogen-bond donors (Lipinski definition) is 1. The van der Waals surface area contributed by atoms with Gasteiger partial charge < -0.3 is 5.32 Å². The Morgan fingerprint density at radius 3 is 2.86 bits per heavy atom. The van der Waals surface area contributed by atoms with Crippen LogP contribution in [-0.4, -0.2) is 11.8 Å². The van der Waals surface area contributed by atoms with Gasteiger partial charge in [-0.15, -0.1) is 11.6 Å². The normalized spacial score (nSPS) is 9.93. The van der Waals surface area contributed by atoms with E-state index in [1.54, 1.807) is 6.07 Å². The molecule has 0 heterocycles. The van der Waals surface area contributed by atoms with E-state index in [4.69, 9.17) is 11.6 Å². The SMILES string of the molecule is CCc1ccc(F)cc1NC(=O)CCl. The fourth-order valence-corrected chi connectivity index (χ4v) is 1.22. The van der Waals surface area contributed by atoms with Crippen LogP contribution in [0.2, 0.25) is 0 Å². The average Bonchev–Trinajstić information content (AvgIpc) is 2.18. The van der Waals surface area contributed by atoms with Gasteiger partial charge in [-0.1, -0.05) is 13.0 Å². The molecule has 0 aromatic heterocycles. The van der Waals surface area contributed by atoms with Crippen LogP contribution in [0.15, 0.2) is 18.2 Å². The van der Waals surface area contributed by atoms with Crippen LogP contribution in [0.3, 0.4) is 0 Å². The lowest BCUT2D eigenvalue weighted by molar-refractivity contribution is -0.113. The zero-order valence-corrected chi connectivity index (χ0v) is 8.57. The Bertz CT molecular complexity index is 341. The Kier molecular flexibility index (Phi) is 3.89. The van der Waals surface area contributed by atoms with Crippen LogP contribution in [0.4, 0.5) is 10.1 Å². The molecule has 76 valence electrons. The lowest BCUT2D eigenvalue weighted by Gasteiger charge is -2.08. The lowest BCUT2D eigenvalue weighted by atomic mass is 10.1. The van der Waals surface area contributed by atoms with Gasteiger partial charge in [0.2, 0.25) is 5.91 Å². The maximum absolute atomic E-state index is 12.9. The number of rotatable bonds is 3. The van der Waals surface area contributed by atoms with Gasteiger partial charge in [-0.05, 0) is 24.1 Å². The van der Waals surface area contributed by atoms with Crippen molar-refractivity contribution in [3.05, 3.63) is 29.6 Å². The third-order valence-corrected chi connectivity index (χ3v) is 2.09. The van der Waals surface area contributed by atoms with Gasteiger partial charge >= 0.3 is 0 Å². The third kappa shape index (κ3) is 2.70. The predicted octanol–water partition coefficient (Wildman–Crippen LogP) is 2.57. The second-order valence-electron chi connectivity index (χ2n) is 2.84. The van der Waals surface area contributed by atoms with Crippen molar-refractivity contribution >= 4 is 23.2 Å². The molecule has 1 aromatic carbocycles. The van der Waals surface area contributed by atoms with E-state index in [0.717, 1.165) is 12.0 Å². The van der Waals surface area contributed by atoms with Crippen molar-refractivity contribution in [2.75, 3.05) is 11.2 Å². The van der Waals surface area contributed by atoms with E-state index in [-0.39, 0.29) is 17.6 Å². The minimum Gasteiger partial charge on any atom is -0.325 e. The molecule has 0 atom stereocenters. The summed E-state index contributed by atoms with van der Waals surface area (Å²) < 4.78 is 12.9. The molecular weight excluding hydrogens is 205 g/mol. The van der Waals surface area contributed by atoms with Crippen LogP contribution in [0, 0.1) is 5.82 Å². The monoisotopic (exact) mass is 215 g/mol. The van der Waals surface area contributed by atoms with Gasteiger partial charge in [-0.25, -0.2) is 4.39 Å². The lowest BCUT2D eigenvalue weighted by Crippen LogP contribution is -2.14. The summed E-state index contributed by atoms with van der Waals surface area (Å²) in [5, 5.41) is 2.54. The number of halogens is 2. The molecule has 0 aliphatic carbocycles. The first kappa shape index (κ1) is 11.0. The topological polar surface area (TPSA) is 29.1 Å². The van der Waals surface area contributed by atoms with E-state index in [2.05, 4.69) is 5.32 Å². The van der Waals surface area contributed by atoms with Gasteiger partial charge in [-0.2, -0.15) is 0 Å². The van der Waals surface area contributed by atoms with E-state index in [9.17, 15) is 9.18 Å². The van der Waals surface area contributed by atoms with E-state index in [1.165, 1.54) is 12.1 Å². The van der Waals surface area contributed by atoms with E-state index < -0.39 is 0 Å². The quantitative estimate of drug-likeness (QED) is 0.772. The van der Waals surface area contributed by atoms with Gasteiger partial charge in [0.1, 0.15) is 11.7 Å². The molecule has 0 radical (unpaired) electrons. The number of amides is 1. The zero-order valence-electron chi connectivity index (χ0n) is 7.81. The Labute approximate surface area is 87.1 Å². The summed E-state index contributed by atoms with van der Waals surface area (Å²) in [7, 11) is 0. The van der Waals surface area contributed by atoms with E-state index in [1.807, 2.05) is 6.92 Å². The van der Waals surface area contributed by atoms with Crippen molar-refractivity contribution in [1.82, 2.24) is 0 Å². The molecule has 1 rings (SSSR count). The summed E-state index contributed by atoms with van der Waals surface area (Å²) in [6.07, 6.45) is 0.734. The first-order chi connectivity index (χ1) is 6.67. The first-order valence-electron chi connectivity index (χ1n) is 4.31. The van der Waals surface area contributed by atoms with Gasteiger partial charge in [-0.3, -0.25) is 4.79 Å². The number of alkyl halides is 1. The Balaban J connectivity index is 2.93. The minimum absolute atomic E-state index is 0.125. The van der Waals surface area contributed by atoms with Crippen molar-refractivity contribution in [1.29, 1.82) is 0 Å². The second-order valence-corrected chi connectivity index (χ2v) is 3.10. The number of carbonyl (C=O) groups excluding carboxylic acids is 1. The zero-order chi connectivity index (χ0) is 10.6. The van der Waals surface area contributed by atoms with Crippen LogP contribution >= 0.6 is 11.6 Å². The number of hydrogen-bond acceptors (Lipinski definition) is 1. The molecule has 0 aliphatic rings. The maximum Gasteiger partial charge on any atom is 0.239 e. The molecule has 0 saturated heterocycles. The fraction of sp³-hybridized carbons (Fsp3) is 0.300. The van der Waals surface area contributed by atoms with Crippen molar-refractivity contribution in [3.63, 3.8) is 0 Å². The average molecular weight is 216 g/mol. The summed E-state index contributed by atoms with van der Waals surface area (Å²) in [5.41, 5.74) is 1.39. The maximum atomic E-state index is 12.9. The summed E-state index contributed by atoms with van der Waals surface area (Å²) in [6, 6.07) is 4.32. The van der Waals surface area contributed by atoms with Crippen LogP contribution in [0.5, 0.6) is 0 Å². The van der Waals surface area contributed by atoms with Gasteiger partial charge in [0.15, 0.2) is 0 Å². The van der Waals surface area contributed by atoms with Crippen molar-refractivity contribution in [3.8, 4) is 0 Å².